The molecule has 0 fully saturated rings. The first kappa shape index (κ1) is 20.2. The fourth-order valence-electron chi connectivity index (χ4n) is 3.54. The van der Waals surface area contributed by atoms with E-state index in [4.69, 9.17) is 4.42 Å². The lowest BCUT2D eigenvalue weighted by atomic mass is 10.1. The Hall–Kier alpha value is -3.12. The summed E-state index contributed by atoms with van der Waals surface area (Å²) in [5.41, 5.74) is 4.85. The van der Waals surface area contributed by atoms with Crippen LogP contribution in [0.2, 0.25) is 0 Å². The van der Waals surface area contributed by atoms with Gasteiger partial charge in [-0.3, -0.25) is 4.79 Å². The van der Waals surface area contributed by atoms with Crippen LogP contribution in [0.5, 0.6) is 0 Å². The van der Waals surface area contributed by atoms with Crippen LogP contribution in [0.25, 0.3) is 5.69 Å². The first-order chi connectivity index (χ1) is 14.5. The fourth-order valence-corrected chi connectivity index (χ4v) is 4.31. The molecule has 152 valence electrons. The molecule has 0 bridgehead atoms. The Labute approximate surface area is 180 Å². The summed E-state index contributed by atoms with van der Waals surface area (Å²) in [6, 6.07) is 22.0. The van der Waals surface area contributed by atoms with E-state index in [9.17, 15) is 4.79 Å². The standard InChI is InChI=1S/C24H23N3O2S/c1-16-14-21(17(2)27(16)20-12-8-5-9-13-20)23(28)18(3)30-24-26-25-22(29-24)15-19-10-6-4-7-11-19/h4-14,18H,15H2,1-3H3. The third kappa shape index (κ3) is 4.24. The van der Waals surface area contributed by atoms with Gasteiger partial charge >= 0.3 is 0 Å². The number of para-hydroxylation sites is 1. The van der Waals surface area contributed by atoms with Crippen LogP contribution in [0.3, 0.4) is 0 Å². The number of aromatic nitrogens is 3. The summed E-state index contributed by atoms with van der Waals surface area (Å²) in [6.07, 6.45) is 0.578. The van der Waals surface area contributed by atoms with Crippen LogP contribution in [0.15, 0.2) is 76.4 Å². The van der Waals surface area contributed by atoms with Crippen molar-refractivity contribution in [2.45, 2.75) is 37.7 Å². The third-order valence-electron chi connectivity index (χ3n) is 5.00. The molecule has 0 amide bonds. The number of carbonyl (C=O) groups excluding carboxylic acids is 1. The number of rotatable bonds is 7. The van der Waals surface area contributed by atoms with Crippen LogP contribution in [-0.2, 0) is 6.42 Å². The first-order valence-electron chi connectivity index (χ1n) is 9.84. The molecule has 0 spiro atoms. The topological polar surface area (TPSA) is 60.9 Å². The SMILES string of the molecule is Cc1cc(C(=O)C(C)Sc2nnc(Cc3ccccc3)o2)c(C)n1-c1ccccc1. The molecular formula is C24H23N3O2S. The van der Waals surface area contributed by atoms with E-state index >= 15 is 0 Å². The molecule has 30 heavy (non-hydrogen) atoms. The van der Waals surface area contributed by atoms with Crippen LogP contribution < -0.4 is 0 Å². The number of Topliss-reactive ketones (excluding diaryl/α,β-unsaturated/α-hetero) is 1. The highest BCUT2D eigenvalue weighted by atomic mass is 32.2. The van der Waals surface area contributed by atoms with Gasteiger partial charge in [-0.2, -0.15) is 0 Å². The average molecular weight is 418 g/mol. The lowest BCUT2D eigenvalue weighted by Gasteiger charge is -2.11. The molecule has 1 unspecified atom stereocenters. The molecule has 0 N–H and O–H groups in total. The number of thioether (sulfide) groups is 1. The Balaban J connectivity index is 1.48. The molecule has 5 nitrogen and oxygen atoms in total. The summed E-state index contributed by atoms with van der Waals surface area (Å²) in [5, 5.41) is 8.31. The minimum Gasteiger partial charge on any atom is -0.416 e. The molecule has 1 atom stereocenters. The number of carbonyl (C=O) groups is 1. The van der Waals surface area contributed by atoms with Crippen molar-refractivity contribution in [1.29, 1.82) is 0 Å². The predicted octanol–water partition coefficient (Wildman–Crippen LogP) is 5.43. The summed E-state index contributed by atoms with van der Waals surface area (Å²) < 4.78 is 7.86. The summed E-state index contributed by atoms with van der Waals surface area (Å²) in [7, 11) is 0. The highest BCUT2D eigenvalue weighted by Gasteiger charge is 2.24. The van der Waals surface area contributed by atoms with Crippen molar-refractivity contribution in [3.05, 3.63) is 95.1 Å². The maximum Gasteiger partial charge on any atom is 0.277 e. The lowest BCUT2D eigenvalue weighted by molar-refractivity contribution is 0.0993. The van der Waals surface area contributed by atoms with E-state index < -0.39 is 0 Å². The van der Waals surface area contributed by atoms with Crippen molar-refractivity contribution in [2.75, 3.05) is 0 Å². The highest BCUT2D eigenvalue weighted by molar-refractivity contribution is 8.00. The van der Waals surface area contributed by atoms with Crippen molar-refractivity contribution in [2.24, 2.45) is 0 Å². The minimum atomic E-state index is -0.334. The Kier molecular flexibility index (Phi) is 5.86. The zero-order valence-corrected chi connectivity index (χ0v) is 18.0. The van der Waals surface area contributed by atoms with Crippen molar-refractivity contribution in [3.63, 3.8) is 0 Å². The van der Waals surface area contributed by atoms with Gasteiger partial charge in [0.15, 0.2) is 5.78 Å². The van der Waals surface area contributed by atoms with Crippen LogP contribution in [0.4, 0.5) is 0 Å². The third-order valence-corrected chi connectivity index (χ3v) is 5.94. The lowest BCUT2D eigenvalue weighted by Crippen LogP contribution is -2.14. The van der Waals surface area contributed by atoms with Gasteiger partial charge in [0, 0.05) is 22.6 Å². The molecule has 0 saturated heterocycles. The molecule has 2 aromatic heterocycles. The number of nitrogens with zero attached hydrogens (tertiary/aromatic N) is 3. The second kappa shape index (κ2) is 8.71. The largest absolute Gasteiger partial charge is 0.416 e. The maximum absolute atomic E-state index is 13.1. The smallest absolute Gasteiger partial charge is 0.277 e. The molecule has 0 radical (unpaired) electrons. The highest BCUT2D eigenvalue weighted by Crippen LogP contribution is 2.28. The van der Waals surface area contributed by atoms with Gasteiger partial charge in [0.05, 0.1) is 11.7 Å². The first-order valence-corrected chi connectivity index (χ1v) is 10.7. The normalized spacial score (nSPS) is 12.1. The number of ketones is 1. The molecule has 0 aliphatic heterocycles. The molecular weight excluding hydrogens is 394 g/mol. The molecule has 2 aromatic carbocycles. The van der Waals surface area contributed by atoms with Gasteiger partial charge in [-0.25, -0.2) is 0 Å². The molecule has 2 heterocycles. The van der Waals surface area contributed by atoms with Gasteiger partial charge in [-0.05, 0) is 44.5 Å². The Morgan fingerprint density at radius 3 is 2.40 bits per heavy atom. The van der Waals surface area contributed by atoms with Gasteiger partial charge in [0.25, 0.3) is 5.22 Å². The van der Waals surface area contributed by atoms with E-state index in [1.165, 1.54) is 11.8 Å². The van der Waals surface area contributed by atoms with Gasteiger partial charge in [-0.15, -0.1) is 10.2 Å². The van der Waals surface area contributed by atoms with Crippen molar-refractivity contribution in [3.8, 4) is 5.69 Å². The van der Waals surface area contributed by atoms with Gasteiger partial charge in [0.1, 0.15) is 0 Å². The zero-order valence-electron chi connectivity index (χ0n) is 17.2. The zero-order chi connectivity index (χ0) is 21.1. The molecule has 4 rings (SSSR count). The van der Waals surface area contributed by atoms with Crippen LogP contribution in [-0.4, -0.2) is 25.8 Å². The van der Waals surface area contributed by atoms with Crippen LogP contribution in [0, 0.1) is 13.8 Å². The predicted molar refractivity (Wildman–Crippen MR) is 118 cm³/mol. The monoisotopic (exact) mass is 417 g/mol. The summed E-state index contributed by atoms with van der Waals surface area (Å²) in [5.74, 6) is 0.601. The Morgan fingerprint density at radius 1 is 1.03 bits per heavy atom. The molecule has 0 aliphatic carbocycles. The van der Waals surface area contributed by atoms with Crippen molar-refractivity contribution in [1.82, 2.24) is 14.8 Å². The number of benzene rings is 2. The Morgan fingerprint density at radius 2 is 1.70 bits per heavy atom. The number of hydrogen-bond donors (Lipinski definition) is 0. The Bertz CT molecular complexity index is 1150. The van der Waals surface area contributed by atoms with E-state index in [2.05, 4.69) is 14.8 Å². The second-order valence-corrected chi connectivity index (χ2v) is 8.50. The second-order valence-electron chi connectivity index (χ2n) is 7.20. The molecule has 4 aromatic rings. The summed E-state index contributed by atoms with van der Waals surface area (Å²) in [6.45, 7) is 5.88. The molecule has 0 saturated carbocycles. The van der Waals surface area contributed by atoms with Gasteiger partial charge in [0.2, 0.25) is 5.89 Å². The van der Waals surface area contributed by atoms with Gasteiger partial charge in [-0.1, -0.05) is 60.3 Å². The number of hydrogen-bond acceptors (Lipinski definition) is 5. The number of aryl methyl sites for hydroxylation is 1. The van der Waals surface area contributed by atoms with Crippen molar-refractivity contribution >= 4 is 17.5 Å². The van der Waals surface area contributed by atoms with E-state index in [1.807, 2.05) is 87.5 Å². The van der Waals surface area contributed by atoms with Crippen molar-refractivity contribution < 1.29 is 9.21 Å². The van der Waals surface area contributed by atoms with Gasteiger partial charge < -0.3 is 8.98 Å². The quantitative estimate of drug-likeness (QED) is 0.296. The van der Waals surface area contributed by atoms with Crippen LogP contribution in [0.1, 0.15) is 40.1 Å². The fraction of sp³-hybridized carbons (Fsp3) is 0.208. The minimum absolute atomic E-state index is 0.0538. The van der Waals surface area contributed by atoms with E-state index in [-0.39, 0.29) is 11.0 Å². The van der Waals surface area contributed by atoms with Crippen LogP contribution >= 0.6 is 11.8 Å². The maximum atomic E-state index is 13.1. The summed E-state index contributed by atoms with van der Waals surface area (Å²) >= 11 is 1.30. The average Bonchev–Trinajstić information content (AvgIpc) is 3.31. The summed E-state index contributed by atoms with van der Waals surface area (Å²) in [4.78, 5) is 13.1. The van der Waals surface area contributed by atoms with E-state index in [1.54, 1.807) is 0 Å². The molecule has 0 aliphatic rings. The van der Waals surface area contributed by atoms with E-state index in [0.29, 0.717) is 17.5 Å². The molecule has 6 heteroatoms. The van der Waals surface area contributed by atoms with E-state index in [0.717, 1.165) is 28.2 Å².